The first-order valence-electron chi connectivity index (χ1n) is 17.0. The minimum atomic E-state index is 0. The van der Waals surface area contributed by atoms with Gasteiger partial charge in [0.25, 0.3) is 12.7 Å². The van der Waals surface area contributed by atoms with E-state index in [1.165, 1.54) is 0 Å². The Bertz CT molecular complexity index is 2340. The smallest absolute Gasteiger partial charge is 0.268 e. The van der Waals surface area contributed by atoms with Crippen LogP contribution in [0.1, 0.15) is 0 Å². The molecule has 6 aromatic carbocycles. The molecular formula is C45H31IrN8-3. The molecule has 0 aliphatic rings. The second-order valence-electron chi connectivity index (χ2n) is 11.7. The van der Waals surface area contributed by atoms with E-state index < -0.39 is 0 Å². The minimum absolute atomic E-state index is 0. The van der Waals surface area contributed by atoms with Crippen LogP contribution in [-0.4, -0.2) is 24.4 Å². The Labute approximate surface area is 326 Å². The molecule has 0 saturated heterocycles. The van der Waals surface area contributed by atoms with Gasteiger partial charge in [0.05, 0.1) is 39.1 Å². The van der Waals surface area contributed by atoms with Crippen LogP contribution >= 0.6 is 0 Å². The molecule has 10 rings (SSSR count). The van der Waals surface area contributed by atoms with Crippen LogP contribution in [0.3, 0.4) is 0 Å². The van der Waals surface area contributed by atoms with E-state index >= 15 is 0 Å². The van der Waals surface area contributed by atoms with E-state index in [-0.39, 0.29) is 20.1 Å². The van der Waals surface area contributed by atoms with Gasteiger partial charge in [0.1, 0.15) is 0 Å². The van der Waals surface area contributed by atoms with Gasteiger partial charge in [0.15, 0.2) is 0 Å². The van der Waals surface area contributed by atoms with Crippen molar-refractivity contribution >= 4 is 22.1 Å². The number of benzene rings is 6. The molecule has 54 heavy (non-hydrogen) atoms. The Hall–Kier alpha value is -6.80. The summed E-state index contributed by atoms with van der Waals surface area (Å²) < 4.78 is 8.25. The molecule has 0 aliphatic carbocycles. The van der Waals surface area contributed by atoms with Crippen LogP contribution in [-0.2, 0) is 20.1 Å². The molecule has 0 atom stereocenters. The summed E-state index contributed by atoms with van der Waals surface area (Å²) in [7, 11) is 0. The molecule has 8 nitrogen and oxygen atoms in total. The third-order valence-electron chi connectivity index (χ3n) is 8.33. The minimum Gasteiger partial charge on any atom is -0.358 e. The van der Waals surface area contributed by atoms with Gasteiger partial charge in [0.2, 0.25) is 0 Å². The number of nitrogens with zero attached hydrogens (tertiary/aromatic N) is 8. The molecule has 4 aromatic heterocycles. The molecule has 0 fully saturated rings. The molecule has 0 N–H and O–H groups in total. The van der Waals surface area contributed by atoms with E-state index in [4.69, 9.17) is 0 Å². The predicted octanol–water partition coefficient (Wildman–Crippen LogP) is 7.51. The van der Waals surface area contributed by atoms with Gasteiger partial charge in [-0.25, -0.2) is 0 Å². The van der Waals surface area contributed by atoms with Gasteiger partial charge >= 0.3 is 0 Å². The van der Waals surface area contributed by atoms with Crippen LogP contribution < -0.4 is 14.2 Å². The van der Waals surface area contributed by atoms with Crippen molar-refractivity contribution in [2.24, 2.45) is 0 Å². The maximum absolute atomic E-state index is 4.08. The SMILES string of the molecule is [Ir].[c-]1ccccc1-n1[c-][n+](-c2ccccc2)c2ccccc21.[c-]1ccccc1-n1[c-][n+](-c2ccccc2)c2ccccc21.c1ccc(-c2cnn[n-]2)nc1. The summed E-state index contributed by atoms with van der Waals surface area (Å²) in [6.07, 6.45) is 10.1. The van der Waals surface area contributed by atoms with Gasteiger partial charge < -0.3 is 19.3 Å². The van der Waals surface area contributed by atoms with Gasteiger partial charge in [-0.1, -0.05) is 97.2 Å². The number of imidazole rings is 2. The number of fused-ring (bicyclic) bond motifs is 2. The molecule has 0 bridgehead atoms. The summed E-state index contributed by atoms with van der Waals surface area (Å²) in [6.45, 7) is 0. The second kappa shape index (κ2) is 17.1. The summed E-state index contributed by atoms with van der Waals surface area (Å²) >= 11 is 0. The Balaban J connectivity index is 0.000000130. The molecular weight excluding hydrogens is 845 g/mol. The number of hydrogen-bond donors (Lipinski definition) is 0. The van der Waals surface area contributed by atoms with Crippen molar-refractivity contribution < 1.29 is 29.2 Å². The van der Waals surface area contributed by atoms with Gasteiger partial charge in [0, 0.05) is 26.3 Å². The van der Waals surface area contributed by atoms with E-state index in [1.54, 1.807) is 12.4 Å². The molecule has 0 spiro atoms. The van der Waals surface area contributed by atoms with Gasteiger partial charge in [-0.05, 0) is 53.5 Å². The van der Waals surface area contributed by atoms with E-state index in [2.05, 4.69) is 115 Å². The van der Waals surface area contributed by atoms with Crippen LogP contribution in [0.5, 0.6) is 0 Å². The fourth-order valence-corrected chi connectivity index (χ4v) is 5.87. The van der Waals surface area contributed by atoms with Crippen molar-refractivity contribution in [3.8, 4) is 34.1 Å². The summed E-state index contributed by atoms with van der Waals surface area (Å²) in [5, 5.41) is 10.8. The summed E-state index contributed by atoms with van der Waals surface area (Å²) in [5.41, 5.74) is 10.2. The molecule has 0 amide bonds. The molecule has 1 radical (unpaired) electrons. The van der Waals surface area contributed by atoms with Crippen LogP contribution in [0, 0.1) is 24.8 Å². The quantitative estimate of drug-likeness (QED) is 0.133. The number of rotatable bonds is 5. The van der Waals surface area contributed by atoms with E-state index in [0.29, 0.717) is 5.69 Å². The number of aromatic nitrogens is 8. The summed E-state index contributed by atoms with van der Waals surface area (Å²) in [5.74, 6) is 0. The zero-order valence-corrected chi connectivity index (χ0v) is 31.2. The maximum Gasteiger partial charge on any atom is 0.268 e. The molecule has 4 heterocycles. The Morgan fingerprint density at radius 2 is 0.981 bits per heavy atom. The predicted molar refractivity (Wildman–Crippen MR) is 204 cm³/mol. The third-order valence-corrected chi connectivity index (χ3v) is 8.33. The van der Waals surface area contributed by atoms with E-state index in [0.717, 1.165) is 50.5 Å². The van der Waals surface area contributed by atoms with Gasteiger partial charge in [-0.2, -0.15) is 60.7 Å². The van der Waals surface area contributed by atoms with Crippen LogP contribution in [0.25, 0.3) is 56.2 Å². The number of hydrogen-bond acceptors (Lipinski definition) is 3. The van der Waals surface area contributed by atoms with Crippen molar-refractivity contribution in [2.45, 2.75) is 0 Å². The second-order valence-corrected chi connectivity index (χ2v) is 11.7. The Morgan fingerprint density at radius 1 is 0.500 bits per heavy atom. The first-order valence-corrected chi connectivity index (χ1v) is 17.0. The van der Waals surface area contributed by atoms with Gasteiger partial charge in [-0.15, -0.1) is 0 Å². The Kier molecular flexibility index (Phi) is 11.3. The van der Waals surface area contributed by atoms with Crippen molar-refractivity contribution in [1.29, 1.82) is 0 Å². The van der Waals surface area contributed by atoms with Crippen molar-refractivity contribution in [1.82, 2.24) is 29.5 Å². The van der Waals surface area contributed by atoms with Crippen LogP contribution in [0.4, 0.5) is 0 Å². The standard InChI is InChI=1S/2C19H13N2.C7H5N4.Ir/c2*1-3-9-16(10-4-1)20-15-21(17-11-5-2-6-12-17)19-14-8-7-13-18(19)20;1-2-4-8-6(3-1)7-5-9-11-10-7;/h2*1-11,13-14H;1-5H;/q3*-1;. The monoisotopic (exact) mass is 876 g/mol. The van der Waals surface area contributed by atoms with E-state index in [1.807, 2.05) is 124 Å². The van der Waals surface area contributed by atoms with Crippen LogP contribution in [0.15, 0.2) is 188 Å². The molecule has 0 saturated carbocycles. The molecule has 0 aliphatic heterocycles. The fourth-order valence-electron chi connectivity index (χ4n) is 5.87. The topological polar surface area (TPSA) is 70.4 Å². The summed E-state index contributed by atoms with van der Waals surface area (Å²) in [6, 6.07) is 65.2. The average Bonchev–Trinajstić information content (AvgIpc) is 4.02. The van der Waals surface area contributed by atoms with Crippen molar-refractivity contribution in [2.75, 3.05) is 0 Å². The van der Waals surface area contributed by atoms with Gasteiger partial charge in [-0.3, -0.25) is 19.3 Å². The fraction of sp³-hybridized carbons (Fsp3) is 0. The first-order chi connectivity index (χ1) is 26.3. The van der Waals surface area contributed by atoms with E-state index in [9.17, 15) is 0 Å². The first kappa shape index (κ1) is 35.6. The number of para-hydroxylation sites is 8. The molecule has 263 valence electrons. The Morgan fingerprint density at radius 3 is 1.43 bits per heavy atom. The maximum atomic E-state index is 4.08. The number of pyridine rings is 1. The van der Waals surface area contributed by atoms with Crippen molar-refractivity contribution in [3.05, 3.63) is 213 Å². The average molecular weight is 876 g/mol. The molecule has 10 aromatic rings. The largest absolute Gasteiger partial charge is 0.358 e. The zero-order chi connectivity index (χ0) is 35.7. The molecule has 0 unspecified atom stereocenters. The third kappa shape index (κ3) is 7.83. The summed E-state index contributed by atoms with van der Waals surface area (Å²) in [4.78, 5) is 4.08. The zero-order valence-electron chi connectivity index (χ0n) is 28.8. The molecule has 9 heteroatoms. The van der Waals surface area contributed by atoms with Crippen LogP contribution in [0.2, 0.25) is 0 Å². The van der Waals surface area contributed by atoms with Crippen molar-refractivity contribution in [3.63, 3.8) is 0 Å². The normalized spacial score (nSPS) is 10.4.